The fourth-order valence-corrected chi connectivity index (χ4v) is 5.29. The van der Waals surface area contributed by atoms with E-state index in [0.717, 1.165) is 22.9 Å². The number of nitro benzene ring substituents is 1. The smallest absolute Gasteiger partial charge is 0.269 e. The molecule has 1 aliphatic rings. The largest absolute Gasteiger partial charge is 0.351 e. The number of hydrogen-bond acceptors (Lipinski definition) is 6. The number of rotatable bonds is 8. The van der Waals surface area contributed by atoms with Crippen LogP contribution >= 0.6 is 11.8 Å². The molecule has 4 rings (SSSR count). The highest BCUT2D eigenvalue weighted by atomic mass is 32.2. The number of nitrogens with one attached hydrogen (secondary N) is 1. The number of benzene rings is 3. The van der Waals surface area contributed by atoms with Crippen LogP contribution in [0, 0.1) is 28.4 Å². The molecule has 186 valence electrons. The Kier molecular flexibility index (Phi) is 8.01. The Labute approximate surface area is 218 Å². The van der Waals surface area contributed by atoms with E-state index >= 15 is 0 Å². The predicted molar refractivity (Wildman–Crippen MR) is 143 cm³/mol. The first kappa shape index (κ1) is 25.7. The number of nitrogens with zero attached hydrogens (tertiary/aromatic N) is 3. The number of nitro groups is 1. The Hall–Kier alpha value is -4.42. The van der Waals surface area contributed by atoms with Crippen LogP contribution in [0.4, 0.5) is 11.4 Å². The van der Waals surface area contributed by atoms with Gasteiger partial charge in [-0.15, -0.1) is 0 Å². The summed E-state index contributed by atoms with van der Waals surface area (Å²) in [6.45, 7) is 2.26. The number of thioether (sulfide) groups is 1. The van der Waals surface area contributed by atoms with E-state index in [1.165, 1.54) is 17.0 Å². The highest BCUT2D eigenvalue weighted by Gasteiger charge is 2.40. The second kappa shape index (κ2) is 11.5. The number of carbonyl (C=O) groups is 2. The summed E-state index contributed by atoms with van der Waals surface area (Å²) in [7, 11) is 0. The van der Waals surface area contributed by atoms with Gasteiger partial charge in [-0.05, 0) is 43.0 Å². The molecule has 1 atom stereocenters. The number of non-ortho nitro benzene ring substituents is 1. The van der Waals surface area contributed by atoms with Gasteiger partial charge in [0.1, 0.15) is 16.7 Å². The SMILES string of the molecule is Cc1ccc(N2C(=O)C(Cc3cccc([N+](=O)[O-])c3)SC2=C(C#N)C(=O)NCCc2ccccc2)cc1. The quantitative estimate of drug-likeness (QED) is 0.203. The van der Waals surface area contributed by atoms with Crippen molar-refractivity contribution in [1.29, 1.82) is 5.26 Å². The number of hydrogen-bond donors (Lipinski definition) is 1. The van der Waals surface area contributed by atoms with Crippen molar-refractivity contribution in [2.24, 2.45) is 0 Å². The van der Waals surface area contributed by atoms with Crippen molar-refractivity contribution < 1.29 is 14.5 Å². The molecular weight excluding hydrogens is 488 g/mol. The normalized spacial score (nSPS) is 16.3. The van der Waals surface area contributed by atoms with Crippen molar-refractivity contribution in [3.8, 4) is 6.07 Å². The molecule has 0 aliphatic carbocycles. The van der Waals surface area contributed by atoms with Gasteiger partial charge in [-0.25, -0.2) is 0 Å². The van der Waals surface area contributed by atoms with E-state index in [0.29, 0.717) is 24.2 Å². The summed E-state index contributed by atoms with van der Waals surface area (Å²) < 4.78 is 0. The van der Waals surface area contributed by atoms with E-state index < -0.39 is 16.1 Å². The Bertz CT molecular complexity index is 1400. The van der Waals surface area contributed by atoms with E-state index in [1.54, 1.807) is 24.3 Å². The maximum atomic E-state index is 13.6. The lowest BCUT2D eigenvalue weighted by Crippen LogP contribution is -2.32. The van der Waals surface area contributed by atoms with Crippen LogP contribution in [0.1, 0.15) is 16.7 Å². The fraction of sp³-hybridized carbons (Fsp3) is 0.179. The van der Waals surface area contributed by atoms with Crippen LogP contribution in [0.15, 0.2) is 89.5 Å². The van der Waals surface area contributed by atoms with Crippen LogP contribution in [0.5, 0.6) is 0 Å². The van der Waals surface area contributed by atoms with E-state index in [1.807, 2.05) is 55.5 Å². The summed E-state index contributed by atoms with van der Waals surface area (Å²) in [6.07, 6.45) is 0.815. The van der Waals surface area contributed by atoms with Crippen molar-refractivity contribution >= 4 is 35.0 Å². The van der Waals surface area contributed by atoms with Gasteiger partial charge in [0.25, 0.3) is 11.6 Å². The first-order chi connectivity index (χ1) is 17.9. The standard InChI is InChI=1S/C28H24N4O4S/c1-19-10-12-22(13-11-19)31-27(34)25(17-21-8-5-9-23(16-21)32(35)36)37-28(31)24(18-29)26(33)30-15-14-20-6-3-2-4-7-20/h2-13,16,25H,14-15,17H2,1H3,(H,30,33). The van der Waals surface area contributed by atoms with Crippen molar-refractivity contribution in [3.63, 3.8) is 0 Å². The Balaban J connectivity index is 1.62. The molecule has 1 heterocycles. The molecule has 1 N–H and O–H groups in total. The average Bonchev–Trinajstić information content (AvgIpc) is 3.21. The minimum Gasteiger partial charge on any atom is -0.351 e. The lowest BCUT2D eigenvalue weighted by atomic mass is 10.1. The maximum absolute atomic E-state index is 13.6. The van der Waals surface area contributed by atoms with Gasteiger partial charge >= 0.3 is 0 Å². The molecule has 3 aromatic carbocycles. The number of amides is 2. The van der Waals surface area contributed by atoms with Gasteiger partial charge in [-0.3, -0.25) is 24.6 Å². The third-order valence-corrected chi connectivity index (χ3v) is 7.15. The van der Waals surface area contributed by atoms with Crippen molar-refractivity contribution in [1.82, 2.24) is 5.32 Å². The summed E-state index contributed by atoms with van der Waals surface area (Å²) >= 11 is 1.13. The number of nitriles is 1. The molecule has 1 aliphatic heterocycles. The molecule has 1 unspecified atom stereocenters. The van der Waals surface area contributed by atoms with Gasteiger partial charge in [-0.1, -0.05) is 71.9 Å². The molecule has 9 heteroatoms. The van der Waals surface area contributed by atoms with Crippen LogP contribution in [-0.4, -0.2) is 28.5 Å². The molecule has 1 fully saturated rings. The first-order valence-corrected chi connectivity index (χ1v) is 12.5. The maximum Gasteiger partial charge on any atom is 0.269 e. The van der Waals surface area contributed by atoms with Gasteiger partial charge in [0.2, 0.25) is 5.91 Å². The summed E-state index contributed by atoms with van der Waals surface area (Å²) in [5, 5.41) is 23.5. The Morgan fingerprint density at radius 2 is 1.78 bits per heavy atom. The van der Waals surface area contributed by atoms with E-state index in [4.69, 9.17) is 0 Å². The molecule has 3 aromatic rings. The van der Waals surface area contributed by atoms with Crippen molar-refractivity contribution in [2.45, 2.75) is 25.0 Å². The third kappa shape index (κ3) is 6.05. The highest BCUT2D eigenvalue weighted by molar-refractivity contribution is 8.05. The molecule has 1 saturated heterocycles. The number of carbonyl (C=O) groups excluding carboxylic acids is 2. The Morgan fingerprint density at radius 3 is 2.46 bits per heavy atom. The molecule has 8 nitrogen and oxygen atoms in total. The van der Waals surface area contributed by atoms with Gasteiger partial charge in [-0.2, -0.15) is 5.26 Å². The number of aryl methyl sites for hydroxylation is 1. The topological polar surface area (TPSA) is 116 Å². The van der Waals surface area contributed by atoms with Gasteiger partial charge < -0.3 is 5.32 Å². The zero-order valence-electron chi connectivity index (χ0n) is 20.1. The second-order valence-corrected chi connectivity index (χ2v) is 9.72. The average molecular weight is 513 g/mol. The first-order valence-electron chi connectivity index (χ1n) is 11.6. The second-order valence-electron chi connectivity index (χ2n) is 8.53. The van der Waals surface area contributed by atoms with Crippen LogP contribution in [-0.2, 0) is 22.4 Å². The molecule has 0 spiro atoms. The lowest BCUT2D eigenvalue weighted by Gasteiger charge is -2.19. The minimum absolute atomic E-state index is 0.0605. The summed E-state index contributed by atoms with van der Waals surface area (Å²) in [5.74, 6) is -0.845. The monoisotopic (exact) mass is 512 g/mol. The highest BCUT2D eigenvalue weighted by Crippen LogP contribution is 2.42. The molecular formula is C28H24N4O4S. The van der Waals surface area contributed by atoms with Crippen LogP contribution < -0.4 is 10.2 Å². The Morgan fingerprint density at radius 1 is 1.08 bits per heavy atom. The molecule has 0 radical (unpaired) electrons. The van der Waals surface area contributed by atoms with E-state index in [2.05, 4.69) is 5.32 Å². The minimum atomic E-state index is -0.654. The zero-order chi connectivity index (χ0) is 26.4. The number of anilines is 1. The van der Waals surface area contributed by atoms with Gasteiger partial charge in [0.15, 0.2) is 0 Å². The molecule has 0 aromatic heterocycles. The van der Waals surface area contributed by atoms with E-state index in [-0.39, 0.29) is 28.6 Å². The summed E-state index contributed by atoms with van der Waals surface area (Å²) in [4.78, 5) is 38.7. The van der Waals surface area contributed by atoms with Crippen LogP contribution in [0.25, 0.3) is 0 Å². The van der Waals surface area contributed by atoms with E-state index in [9.17, 15) is 25.0 Å². The van der Waals surface area contributed by atoms with Crippen molar-refractivity contribution in [2.75, 3.05) is 11.4 Å². The zero-order valence-corrected chi connectivity index (χ0v) is 20.9. The molecule has 0 bridgehead atoms. The fourth-order valence-electron chi connectivity index (χ4n) is 3.98. The van der Waals surface area contributed by atoms with Gasteiger partial charge in [0, 0.05) is 24.4 Å². The van der Waals surface area contributed by atoms with Crippen LogP contribution in [0.2, 0.25) is 0 Å². The molecule has 37 heavy (non-hydrogen) atoms. The summed E-state index contributed by atoms with van der Waals surface area (Å²) in [5.41, 5.74) is 3.02. The van der Waals surface area contributed by atoms with Crippen molar-refractivity contribution in [3.05, 3.63) is 116 Å². The summed E-state index contributed by atoms with van der Waals surface area (Å²) in [6, 6.07) is 25.0. The van der Waals surface area contributed by atoms with Gasteiger partial charge in [0.05, 0.1) is 10.2 Å². The lowest BCUT2D eigenvalue weighted by molar-refractivity contribution is -0.384. The third-order valence-electron chi connectivity index (χ3n) is 5.88. The molecule has 0 saturated carbocycles. The predicted octanol–water partition coefficient (Wildman–Crippen LogP) is 4.69. The van der Waals surface area contributed by atoms with Crippen LogP contribution in [0.3, 0.4) is 0 Å². The molecule has 2 amide bonds.